The summed E-state index contributed by atoms with van der Waals surface area (Å²) in [5, 5.41) is 6.51. The smallest absolute Gasteiger partial charge is 0.191 e. The lowest BCUT2D eigenvalue weighted by atomic mass is 10.3. The van der Waals surface area contributed by atoms with Gasteiger partial charge in [0.2, 0.25) is 0 Å². The van der Waals surface area contributed by atoms with Gasteiger partial charge in [-0.3, -0.25) is 4.99 Å². The first-order valence-corrected chi connectivity index (χ1v) is 7.79. The number of aliphatic imine (C=N–C) groups is 1. The van der Waals surface area contributed by atoms with E-state index in [1.54, 1.807) is 11.3 Å². The van der Waals surface area contributed by atoms with Crippen molar-refractivity contribution < 1.29 is 4.74 Å². The first kappa shape index (κ1) is 16.3. The summed E-state index contributed by atoms with van der Waals surface area (Å²) in [6.45, 7) is 7.81. The average Bonchev–Trinajstić information content (AvgIpc) is 2.80. The zero-order valence-electron chi connectivity index (χ0n) is 11.5. The molecule has 0 saturated carbocycles. The molecule has 1 aromatic rings. The molecule has 0 aliphatic rings. The van der Waals surface area contributed by atoms with Crippen LogP contribution in [-0.4, -0.2) is 38.8 Å². The zero-order chi connectivity index (χ0) is 13.9. The van der Waals surface area contributed by atoms with Gasteiger partial charge in [0.25, 0.3) is 0 Å². The van der Waals surface area contributed by atoms with E-state index in [1.807, 2.05) is 13.0 Å². The summed E-state index contributed by atoms with van der Waals surface area (Å²) in [4.78, 5) is 5.71. The highest BCUT2D eigenvalue weighted by Crippen LogP contribution is 2.21. The second-order valence-electron chi connectivity index (χ2n) is 3.84. The fourth-order valence-electron chi connectivity index (χ4n) is 1.50. The van der Waals surface area contributed by atoms with E-state index in [-0.39, 0.29) is 0 Å². The Labute approximate surface area is 124 Å². The van der Waals surface area contributed by atoms with Gasteiger partial charge < -0.3 is 15.4 Å². The van der Waals surface area contributed by atoms with Crippen LogP contribution in [-0.2, 0) is 11.2 Å². The largest absolute Gasteiger partial charge is 0.380 e. The van der Waals surface area contributed by atoms with Crippen molar-refractivity contribution in [3.8, 4) is 0 Å². The fourth-order valence-corrected chi connectivity index (χ4v) is 2.59. The van der Waals surface area contributed by atoms with E-state index < -0.39 is 0 Å². The summed E-state index contributed by atoms with van der Waals surface area (Å²) >= 11 is 7.52. The van der Waals surface area contributed by atoms with Crippen molar-refractivity contribution in [1.82, 2.24) is 10.6 Å². The minimum absolute atomic E-state index is 0.660. The maximum atomic E-state index is 5.90. The highest BCUT2D eigenvalue weighted by atomic mass is 35.5. The Bertz CT molecular complexity index is 382. The first-order chi connectivity index (χ1) is 9.26. The molecule has 0 saturated heterocycles. The summed E-state index contributed by atoms with van der Waals surface area (Å²) in [6, 6.07) is 4.00. The van der Waals surface area contributed by atoms with Gasteiger partial charge in [0.1, 0.15) is 0 Å². The van der Waals surface area contributed by atoms with Crippen LogP contribution in [0.3, 0.4) is 0 Å². The fraction of sp³-hybridized carbons (Fsp3) is 0.615. The monoisotopic (exact) mass is 303 g/mol. The van der Waals surface area contributed by atoms with Crippen molar-refractivity contribution in [2.45, 2.75) is 20.3 Å². The zero-order valence-corrected chi connectivity index (χ0v) is 13.1. The topological polar surface area (TPSA) is 45.7 Å². The molecule has 0 radical (unpaired) electrons. The van der Waals surface area contributed by atoms with Gasteiger partial charge in [-0.05, 0) is 32.4 Å². The Hall–Kier alpha value is -0.780. The third-order valence-electron chi connectivity index (χ3n) is 2.35. The average molecular weight is 304 g/mol. The molecular formula is C13H22ClN3OS. The first-order valence-electron chi connectivity index (χ1n) is 6.60. The van der Waals surface area contributed by atoms with Gasteiger partial charge >= 0.3 is 0 Å². The van der Waals surface area contributed by atoms with Crippen molar-refractivity contribution in [3.05, 3.63) is 21.3 Å². The van der Waals surface area contributed by atoms with E-state index in [0.29, 0.717) is 13.2 Å². The maximum absolute atomic E-state index is 5.90. The number of halogens is 1. The molecule has 0 aromatic carbocycles. The van der Waals surface area contributed by atoms with Gasteiger partial charge in [0.05, 0.1) is 17.5 Å². The molecule has 1 rings (SSSR count). The van der Waals surface area contributed by atoms with Gasteiger partial charge in [0, 0.05) is 24.6 Å². The number of guanidine groups is 1. The number of hydrogen-bond donors (Lipinski definition) is 2. The SMILES string of the molecule is CCNC(=NCCOCC)NCCc1ccc(Cl)s1. The van der Waals surface area contributed by atoms with Crippen molar-refractivity contribution >= 4 is 28.9 Å². The predicted octanol–water partition coefficient (Wildman–Crippen LogP) is 2.54. The van der Waals surface area contributed by atoms with Crippen LogP contribution in [0, 0.1) is 0 Å². The molecule has 19 heavy (non-hydrogen) atoms. The van der Waals surface area contributed by atoms with Crippen molar-refractivity contribution in [2.75, 3.05) is 32.8 Å². The Morgan fingerprint density at radius 1 is 1.37 bits per heavy atom. The predicted molar refractivity (Wildman–Crippen MR) is 83.5 cm³/mol. The summed E-state index contributed by atoms with van der Waals surface area (Å²) in [5.74, 6) is 0.838. The third kappa shape index (κ3) is 7.40. The van der Waals surface area contributed by atoms with Crippen LogP contribution in [0.4, 0.5) is 0 Å². The van der Waals surface area contributed by atoms with E-state index >= 15 is 0 Å². The normalized spacial score (nSPS) is 11.6. The van der Waals surface area contributed by atoms with Crippen LogP contribution in [0.15, 0.2) is 17.1 Å². The minimum atomic E-state index is 0.660. The molecule has 0 bridgehead atoms. The summed E-state index contributed by atoms with van der Waals surface area (Å²) in [5.41, 5.74) is 0. The van der Waals surface area contributed by atoms with Crippen LogP contribution in [0.2, 0.25) is 4.34 Å². The molecular weight excluding hydrogens is 282 g/mol. The molecule has 0 atom stereocenters. The number of thiophene rings is 1. The Morgan fingerprint density at radius 2 is 2.21 bits per heavy atom. The Morgan fingerprint density at radius 3 is 2.84 bits per heavy atom. The van der Waals surface area contributed by atoms with Crippen molar-refractivity contribution in [2.24, 2.45) is 4.99 Å². The lowest BCUT2D eigenvalue weighted by Gasteiger charge is -2.10. The number of nitrogens with one attached hydrogen (secondary N) is 2. The Balaban J connectivity index is 2.28. The number of hydrogen-bond acceptors (Lipinski definition) is 3. The third-order valence-corrected chi connectivity index (χ3v) is 3.64. The van der Waals surface area contributed by atoms with Gasteiger partial charge in [-0.25, -0.2) is 0 Å². The van der Waals surface area contributed by atoms with Gasteiger partial charge in [0.15, 0.2) is 5.96 Å². The standard InChI is InChI=1S/C13H22ClN3OS/c1-3-15-13(17-9-10-18-4-2)16-8-7-11-5-6-12(14)19-11/h5-6H,3-4,7-10H2,1-2H3,(H2,15,16,17). The quantitative estimate of drug-likeness (QED) is 0.441. The van der Waals surface area contributed by atoms with E-state index in [2.05, 4.69) is 28.6 Å². The molecule has 108 valence electrons. The van der Waals surface area contributed by atoms with Gasteiger partial charge in [-0.15, -0.1) is 11.3 Å². The van der Waals surface area contributed by atoms with Crippen LogP contribution < -0.4 is 10.6 Å². The molecule has 1 aromatic heterocycles. The maximum Gasteiger partial charge on any atom is 0.191 e. The highest BCUT2D eigenvalue weighted by Gasteiger charge is 2.00. The van der Waals surface area contributed by atoms with Crippen LogP contribution >= 0.6 is 22.9 Å². The van der Waals surface area contributed by atoms with E-state index in [0.717, 1.165) is 36.4 Å². The molecule has 6 heteroatoms. The number of rotatable bonds is 8. The lowest BCUT2D eigenvalue weighted by molar-refractivity contribution is 0.155. The second kappa shape index (κ2) is 10.1. The Kier molecular flexibility index (Phi) is 8.62. The molecule has 1 heterocycles. The van der Waals surface area contributed by atoms with Crippen LogP contribution in [0.5, 0.6) is 0 Å². The molecule has 0 unspecified atom stereocenters. The summed E-state index contributed by atoms with van der Waals surface area (Å²) in [6.07, 6.45) is 0.952. The molecule has 0 amide bonds. The lowest BCUT2D eigenvalue weighted by Crippen LogP contribution is -2.38. The minimum Gasteiger partial charge on any atom is -0.380 e. The molecule has 2 N–H and O–H groups in total. The molecule has 4 nitrogen and oxygen atoms in total. The highest BCUT2D eigenvalue weighted by molar-refractivity contribution is 7.16. The summed E-state index contributed by atoms with van der Waals surface area (Å²) in [7, 11) is 0. The molecule has 0 aliphatic carbocycles. The van der Waals surface area contributed by atoms with Crippen LogP contribution in [0.1, 0.15) is 18.7 Å². The molecule has 0 aliphatic heterocycles. The van der Waals surface area contributed by atoms with Gasteiger partial charge in [-0.2, -0.15) is 0 Å². The molecule has 0 spiro atoms. The second-order valence-corrected chi connectivity index (χ2v) is 5.64. The van der Waals surface area contributed by atoms with Crippen molar-refractivity contribution in [1.29, 1.82) is 0 Å². The van der Waals surface area contributed by atoms with Crippen LogP contribution in [0.25, 0.3) is 0 Å². The van der Waals surface area contributed by atoms with Crippen molar-refractivity contribution in [3.63, 3.8) is 0 Å². The summed E-state index contributed by atoms with van der Waals surface area (Å²) < 4.78 is 6.10. The molecule has 0 fully saturated rings. The number of ether oxygens (including phenoxy) is 1. The van der Waals surface area contributed by atoms with Gasteiger partial charge in [-0.1, -0.05) is 11.6 Å². The number of nitrogens with zero attached hydrogens (tertiary/aromatic N) is 1. The van der Waals surface area contributed by atoms with E-state index in [1.165, 1.54) is 4.88 Å². The van der Waals surface area contributed by atoms with E-state index in [4.69, 9.17) is 16.3 Å². The van der Waals surface area contributed by atoms with E-state index in [9.17, 15) is 0 Å².